The van der Waals surface area contributed by atoms with Gasteiger partial charge in [0, 0.05) is 6.61 Å². The van der Waals surface area contributed by atoms with Gasteiger partial charge in [-0.25, -0.2) is 0 Å². The largest absolute Gasteiger partial charge is 0.379 e. The molecule has 0 aliphatic carbocycles. The Hall–Kier alpha value is -0.580. The third-order valence-electron chi connectivity index (χ3n) is 4.98. The molecule has 0 aliphatic rings. The van der Waals surface area contributed by atoms with E-state index in [4.69, 9.17) is 37.9 Å². The normalized spacial score (nSPS) is 11.3. The molecule has 0 atom stereocenters. The maximum Gasteiger partial charge on any atom is 0.0704 e. The molecule has 210 valence electrons. The van der Waals surface area contributed by atoms with Crippen LogP contribution in [0, 0.1) is 0 Å². The molecule has 0 aromatic heterocycles. The van der Waals surface area contributed by atoms with Crippen LogP contribution in [0.3, 0.4) is 0 Å². The van der Waals surface area contributed by atoms with Crippen molar-refractivity contribution < 1.29 is 37.9 Å². The molecular formula is C27H54O8. The molecule has 0 spiro atoms. The Morgan fingerprint density at radius 3 is 1.00 bits per heavy atom. The van der Waals surface area contributed by atoms with Crippen LogP contribution < -0.4 is 0 Å². The number of hydrogen-bond donors (Lipinski definition) is 0. The SMILES string of the molecule is C=CCOCCOCCOCCOCCOCCOCCOCCOCCCCCCCCCC. The van der Waals surface area contributed by atoms with Crippen molar-refractivity contribution >= 4 is 0 Å². The van der Waals surface area contributed by atoms with Gasteiger partial charge in [0.2, 0.25) is 0 Å². The van der Waals surface area contributed by atoms with E-state index in [2.05, 4.69) is 13.5 Å². The number of hydrogen-bond acceptors (Lipinski definition) is 8. The molecule has 0 aliphatic heterocycles. The van der Waals surface area contributed by atoms with E-state index in [9.17, 15) is 0 Å². The van der Waals surface area contributed by atoms with Crippen LogP contribution in [-0.4, -0.2) is 106 Å². The zero-order valence-electron chi connectivity index (χ0n) is 22.5. The number of ether oxygens (including phenoxy) is 8. The Kier molecular flexibility index (Phi) is 32.9. The van der Waals surface area contributed by atoms with Crippen molar-refractivity contribution in [3.8, 4) is 0 Å². The third-order valence-corrected chi connectivity index (χ3v) is 4.98. The van der Waals surface area contributed by atoms with E-state index in [0.717, 1.165) is 13.0 Å². The van der Waals surface area contributed by atoms with Crippen LogP contribution in [-0.2, 0) is 37.9 Å². The molecule has 8 nitrogen and oxygen atoms in total. The summed E-state index contributed by atoms with van der Waals surface area (Å²) in [5.41, 5.74) is 0. The lowest BCUT2D eigenvalue weighted by Crippen LogP contribution is -2.15. The number of unbranched alkanes of at least 4 members (excludes halogenated alkanes) is 7. The van der Waals surface area contributed by atoms with E-state index in [0.29, 0.717) is 99.1 Å². The summed E-state index contributed by atoms with van der Waals surface area (Å²) in [6.45, 7) is 15.2. The van der Waals surface area contributed by atoms with Gasteiger partial charge in [-0.1, -0.05) is 57.9 Å². The maximum atomic E-state index is 5.60. The summed E-state index contributed by atoms with van der Waals surface area (Å²) in [5, 5.41) is 0. The predicted molar refractivity (Wildman–Crippen MR) is 139 cm³/mol. The van der Waals surface area contributed by atoms with E-state index in [1.165, 1.54) is 44.9 Å². The highest BCUT2D eigenvalue weighted by Gasteiger charge is 1.96. The monoisotopic (exact) mass is 506 g/mol. The van der Waals surface area contributed by atoms with E-state index in [1.54, 1.807) is 6.08 Å². The molecular weight excluding hydrogens is 452 g/mol. The van der Waals surface area contributed by atoms with Gasteiger partial charge in [0.1, 0.15) is 0 Å². The van der Waals surface area contributed by atoms with E-state index in [1.807, 2.05) is 0 Å². The summed E-state index contributed by atoms with van der Waals surface area (Å²) in [6, 6.07) is 0. The van der Waals surface area contributed by atoms with Gasteiger partial charge >= 0.3 is 0 Å². The predicted octanol–water partition coefficient (Wildman–Crippen LogP) is 4.45. The second-order valence-corrected chi connectivity index (χ2v) is 8.13. The summed E-state index contributed by atoms with van der Waals surface area (Å²) in [4.78, 5) is 0. The van der Waals surface area contributed by atoms with E-state index in [-0.39, 0.29) is 0 Å². The van der Waals surface area contributed by atoms with Crippen LogP contribution in [0.25, 0.3) is 0 Å². The molecule has 0 amide bonds. The van der Waals surface area contributed by atoms with Gasteiger partial charge in [0.25, 0.3) is 0 Å². The zero-order chi connectivity index (χ0) is 25.3. The maximum absolute atomic E-state index is 5.60. The minimum Gasteiger partial charge on any atom is -0.379 e. The van der Waals surface area contributed by atoms with Crippen molar-refractivity contribution in [1.82, 2.24) is 0 Å². The van der Waals surface area contributed by atoms with Gasteiger partial charge in [-0.2, -0.15) is 0 Å². The quantitative estimate of drug-likeness (QED) is 0.0979. The van der Waals surface area contributed by atoms with Crippen LogP contribution >= 0.6 is 0 Å². The second kappa shape index (κ2) is 33.4. The fraction of sp³-hybridized carbons (Fsp3) is 0.926. The van der Waals surface area contributed by atoms with Gasteiger partial charge < -0.3 is 37.9 Å². The molecule has 0 bridgehead atoms. The third kappa shape index (κ3) is 33.4. The van der Waals surface area contributed by atoms with E-state index < -0.39 is 0 Å². The Morgan fingerprint density at radius 2 is 0.657 bits per heavy atom. The first kappa shape index (κ1) is 34.4. The topological polar surface area (TPSA) is 73.8 Å². The van der Waals surface area contributed by atoms with Crippen LogP contribution in [0.1, 0.15) is 58.3 Å². The Balaban J connectivity index is 3.00. The average molecular weight is 507 g/mol. The van der Waals surface area contributed by atoms with Crippen LogP contribution in [0.2, 0.25) is 0 Å². The molecule has 35 heavy (non-hydrogen) atoms. The smallest absolute Gasteiger partial charge is 0.0704 e. The first-order valence-corrected chi connectivity index (χ1v) is 13.6. The number of rotatable bonds is 32. The summed E-state index contributed by atoms with van der Waals surface area (Å²) in [7, 11) is 0. The lowest BCUT2D eigenvalue weighted by Gasteiger charge is -2.08. The first-order chi connectivity index (χ1) is 17.4. The van der Waals surface area contributed by atoms with Crippen molar-refractivity contribution in [2.24, 2.45) is 0 Å². The summed E-state index contributed by atoms with van der Waals surface area (Å²) in [5.74, 6) is 0. The Bertz CT molecular complexity index is 384. The van der Waals surface area contributed by atoms with Crippen molar-refractivity contribution in [3.63, 3.8) is 0 Å². The lowest BCUT2D eigenvalue weighted by molar-refractivity contribution is -0.0226. The van der Waals surface area contributed by atoms with Crippen LogP contribution in [0.4, 0.5) is 0 Å². The Labute approximate surface area is 214 Å². The highest BCUT2D eigenvalue weighted by Crippen LogP contribution is 2.08. The standard InChI is InChI=1S/C27H54O8/c1-3-5-6-7-8-9-10-11-13-29-15-17-31-19-21-33-23-25-35-27-26-34-24-22-32-20-18-30-16-14-28-12-4-2/h4H,2-3,5-27H2,1H3. The molecule has 0 rings (SSSR count). The molecule has 0 aromatic carbocycles. The van der Waals surface area contributed by atoms with E-state index >= 15 is 0 Å². The molecule has 8 heteroatoms. The summed E-state index contributed by atoms with van der Waals surface area (Å²) < 4.78 is 43.5. The Morgan fingerprint density at radius 1 is 0.371 bits per heavy atom. The first-order valence-electron chi connectivity index (χ1n) is 13.6. The minimum absolute atomic E-state index is 0.544. The fourth-order valence-electron chi connectivity index (χ4n) is 3.04. The fourth-order valence-corrected chi connectivity index (χ4v) is 3.04. The molecule has 0 unspecified atom stereocenters. The van der Waals surface area contributed by atoms with Crippen molar-refractivity contribution in [2.45, 2.75) is 58.3 Å². The molecule has 0 N–H and O–H groups in total. The molecule has 0 radical (unpaired) electrons. The summed E-state index contributed by atoms with van der Waals surface area (Å²) in [6.07, 6.45) is 12.3. The van der Waals surface area contributed by atoms with Crippen LogP contribution in [0.15, 0.2) is 12.7 Å². The average Bonchev–Trinajstić information content (AvgIpc) is 2.87. The van der Waals surface area contributed by atoms with Gasteiger partial charge in [-0.05, 0) is 6.42 Å². The molecule has 0 aromatic rings. The summed E-state index contributed by atoms with van der Waals surface area (Å²) >= 11 is 0. The van der Waals surface area contributed by atoms with Gasteiger partial charge in [0.15, 0.2) is 0 Å². The van der Waals surface area contributed by atoms with Gasteiger partial charge in [-0.3, -0.25) is 0 Å². The van der Waals surface area contributed by atoms with Crippen molar-refractivity contribution in [1.29, 1.82) is 0 Å². The minimum atomic E-state index is 0.544. The van der Waals surface area contributed by atoms with Crippen LogP contribution in [0.5, 0.6) is 0 Å². The highest BCUT2D eigenvalue weighted by atomic mass is 16.6. The van der Waals surface area contributed by atoms with Gasteiger partial charge in [-0.15, -0.1) is 6.58 Å². The van der Waals surface area contributed by atoms with Crippen molar-refractivity contribution in [2.75, 3.05) is 106 Å². The second-order valence-electron chi connectivity index (χ2n) is 8.13. The lowest BCUT2D eigenvalue weighted by atomic mass is 10.1. The zero-order valence-corrected chi connectivity index (χ0v) is 22.5. The molecule has 0 saturated heterocycles. The molecule has 0 fully saturated rings. The van der Waals surface area contributed by atoms with Gasteiger partial charge in [0.05, 0.1) is 99.1 Å². The molecule has 0 heterocycles. The van der Waals surface area contributed by atoms with Crippen molar-refractivity contribution in [3.05, 3.63) is 12.7 Å². The molecule has 0 saturated carbocycles. The highest BCUT2D eigenvalue weighted by molar-refractivity contribution is 4.63.